The average Bonchev–Trinajstić information content (AvgIpc) is 2.86. The van der Waals surface area contributed by atoms with E-state index < -0.39 is 5.97 Å². The first-order valence-corrected chi connectivity index (χ1v) is 11.2. The van der Waals surface area contributed by atoms with Crippen LogP contribution < -0.4 is 20.7 Å². The number of nitrogens with one attached hydrogen (secondary N) is 1. The maximum atomic E-state index is 13.2. The monoisotopic (exact) mass is 475 g/mol. The topological polar surface area (TPSA) is 122 Å². The number of carboxylic acid groups (broad SMARTS) is 1. The summed E-state index contributed by atoms with van der Waals surface area (Å²) in [6, 6.07) is 21.6. The number of methoxy groups -OCH3 is 1. The van der Waals surface area contributed by atoms with E-state index in [4.69, 9.17) is 15.6 Å². The number of carbonyl (C=O) groups excluding carboxylic acids is 2. The smallest absolute Gasteiger partial charge is 0.303 e. The quantitative estimate of drug-likeness (QED) is 0.357. The number of benzene rings is 3. The van der Waals surface area contributed by atoms with Gasteiger partial charge in [0.15, 0.2) is 0 Å². The molecule has 0 unspecified atom stereocenters. The molecular weight excluding hydrogens is 446 g/mol. The van der Waals surface area contributed by atoms with Crippen molar-refractivity contribution in [2.24, 2.45) is 0 Å². The third-order valence-corrected chi connectivity index (χ3v) is 5.47. The molecule has 8 nitrogen and oxygen atoms in total. The Labute approximate surface area is 204 Å². The lowest BCUT2D eigenvalue weighted by molar-refractivity contribution is -0.137. The molecule has 0 saturated carbocycles. The number of aryl methyl sites for hydroxylation is 1. The molecule has 0 aromatic heterocycles. The highest BCUT2D eigenvalue weighted by molar-refractivity contribution is 6.00. The van der Waals surface area contributed by atoms with Gasteiger partial charge in [0, 0.05) is 19.3 Å². The van der Waals surface area contributed by atoms with Gasteiger partial charge in [0.1, 0.15) is 5.75 Å². The Hall–Kier alpha value is -4.33. The summed E-state index contributed by atoms with van der Waals surface area (Å²) in [5, 5.41) is 11.7. The summed E-state index contributed by atoms with van der Waals surface area (Å²) in [7, 11) is 1.52. The number of ether oxygens (including phenoxy) is 1. The molecular formula is C27H29N3O5. The number of amides is 2. The van der Waals surface area contributed by atoms with Crippen molar-refractivity contribution >= 4 is 34.8 Å². The number of rotatable bonds is 11. The van der Waals surface area contributed by atoms with Gasteiger partial charge in [-0.05, 0) is 41.8 Å². The van der Waals surface area contributed by atoms with Crippen LogP contribution in [0.15, 0.2) is 72.8 Å². The summed E-state index contributed by atoms with van der Waals surface area (Å²) >= 11 is 0. The molecule has 0 aliphatic rings. The van der Waals surface area contributed by atoms with Crippen LogP contribution in [0.1, 0.15) is 30.4 Å². The predicted octanol–water partition coefficient (Wildman–Crippen LogP) is 4.25. The molecule has 3 aromatic carbocycles. The Morgan fingerprint density at radius 2 is 1.54 bits per heavy atom. The van der Waals surface area contributed by atoms with Gasteiger partial charge < -0.3 is 25.8 Å². The fraction of sp³-hybridized carbons (Fsp3) is 0.222. The summed E-state index contributed by atoms with van der Waals surface area (Å²) in [6.07, 6.45) is 0.479. The zero-order valence-corrected chi connectivity index (χ0v) is 19.6. The minimum atomic E-state index is -0.847. The minimum Gasteiger partial charge on any atom is -0.495 e. The number of carbonyl (C=O) groups is 3. The summed E-state index contributed by atoms with van der Waals surface area (Å²) in [4.78, 5) is 38.1. The summed E-state index contributed by atoms with van der Waals surface area (Å²) in [5.41, 5.74) is 9.48. The zero-order valence-electron chi connectivity index (χ0n) is 19.6. The number of aliphatic carboxylic acids is 1. The molecule has 0 saturated heterocycles. The number of hydrogen-bond donors (Lipinski definition) is 3. The van der Waals surface area contributed by atoms with Crippen LogP contribution in [-0.4, -0.2) is 30.0 Å². The van der Waals surface area contributed by atoms with E-state index in [0.717, 1.165) is 11.1 Å². The third-order valence-electron chi connectivity index (χ3n) is 5.47. The van der Waals surface area contributed by atoms with E-state index >= 15 is 0 Å². The van der Waals surface area contributed by atoms with E-state index in [2.05, 4.69) is 5.32 Å². The van der Waals surface area contributed by atoms with E-state index in [9.17, 15) is 14.4 Å². The van der Waals surface area contributed by atoms with Gasteiger partial charge in [-0.15, -0.1) is 0 Å². The molecule has 0 bridgehead atoms. The van der Waals surface area contributed by atoms with E-state index in [0.29, 0.717) is 29.2 Å². The summed E-state index contributed by atoms with van der Waals surface area (Å²) < 4.78 is 5.25. The van der Waals surface area contributed by atoms with Crippen molar-refractivity contribution in [3.8, 4) is 5.75 Å². The highest BCUT2D eigenvalue weighted by Gasteiger charge is 2.20. The van der Waals surface area contributed by atoms with Crippen molar-refractivity contribution < 1.29 is 24.2 Å². The number of nitrogens with two attached hydrogens (primary N) is 1. The number of carboxylic acids is 1. The van der Waals surface area contributed by atoms with E-state index in [-0.39, 0.29) is 37.6 Å². The fourth-order valence-electron chi connectivity index (χ4n) is 3.60. The van der Waals surface area contributed by atoms with Crippen molar-refractivity contribution in [3.63, 3.8) is 0 Å². The van der Waals surface area contributed by atoms with Gasteiger partial charge in [-0.3, -0.25) is 14.4 Å². The maximum absolute atomic E-state index is 13.2. The molecule has 2 amide bonds. The van der Waals surface area contributed by atoms with Crippen LogP contribution in [-0.2, 0) is 27.3 Å². The van der Waals surface area contributed by atoms with E-state index in [1.807, 2.05) is 24.3 Å². The first-order chi connectivity index (χ1) is 16.9. The van der Waals surface area contributed by atoms with Crippen LogP contribution in [0.2, 0.25) is 0 Å². The Morgan fingerprint density at radius 1 is 0.886 bits per heavy atom. The first kappa shape index (κ1) is 25.3. The number of nitrogens with zero attached hydrogens (tertiary/aromatic N) is 1. The molecule has 182 valence electrons. The Bertz CT molecular complexity index is 1180. The average molecular weight is 476 g/mol. The van der Waals surface area contributed by atoms with Crippen LogP contribution >= 0.6 is 0 Å². The summed E-state index contributed by atoms with van der Waals surface area (Å²) in [6.45, 7) is 0.264. The van der Waals surface area contributed by atoms with Gasteiger partial charge in [-0.1, -0.05) is 48.5 Å². The first-order valence-electron chi connectivity index (χ1n) is 11.2. The molecule has 0 spiro atoms. The summed E-state index contributed by atoms with van der Waals surface area (Å²) in [5.74, 6) is -0.850. The van der Waals surface area contributed by atoms with Crippen LogP contribution in [0.3, 0.4) is 0 Å². The van der Waals surface area contributed by atoms with Crippen molar-refractivity contribution in [1.82, 2.24) is 0 Å². The van der Waals surface area contributed by atoms with Gasteiger partial charge in [-0.2, -0.15) is 0 Å². The highest BCUT2D eigenvalue weighted by atomic mass is 16.5. The van der Waals surface area contributed by atoms with E-state index in [1.54, 1.807) is 53.4 Å². The van der Waals surface area contributed by atoms with Crippen molar-refractivity contribution in [2.45, 2.75) is 32.2 Å². The molecule has 3 aromatic rings. The number of nitrogen functional groups attached to an aromatic ring is 1. The lowest BCUT2D eigenvalue weighted by atomic mass is 10.1. The standard InChI is InChI=1S/C27H29N3O5/c1-35-24-9-5-3-7-22(24)29-25(31)15-16-26(32)30(23-8-4-2-6-21(23)28)18-20-12-10-19(11-13-20)14-17-27(33)34/h2-13H,14-18,28H2,1H3,(H,29,31)(H,33,34). The van der Waals surface area contributed by atoms with Crippen LogP contribution in [0.25, 0.3) is 0 Å². The van der Waals surface area contributed by atoms with Gasteiger partial charge in [0.05, 0.1) is 30.7 Å². The maximum Gasteiger partial charge on any atom is 0.303 e. The molecule has 0 heterocycles. The Kier molecular flexibility index (Phi) is 8.83. The highest BCUT2D eigenvalue weighted by Crippen LogP contribution is 2.26. The number of hydrogen-bond acceptors (Lipinski definition) is 5. The molecule has 0 atom stereocenters. The second-order valence-electron chi connectivity index (χ2n) is 8.00. The van der Waals surface area contributed by atoms with Gasteiger partial charge in [0.25, 0.3) is 0 Å². The molecule has 35 heavy (non-hydrogen) atoms. The lowest BCUT2D eigenvalue weighted by Gasteiger charge is -2.24. The molecule has 4 N–H and O–H groups in total. The number of anilines is 3. The zero-order chi connectivity index (χ0) is 25.2. The SMILES string of the molecule is COc1ccccc1NC(=O)CCC(=O)N(Cc1ccc(CCC(=O)O)cc1)c1ccccc1N. The Morgan fingerprint density at radius 3 is 2.23 bits per heavy atom. The van der Waals surface area contributed by atoms with Crippen molar-refractivity contribution in [3.05, 3.63) is 83.9 Å². The van der Waals surface area contributed by atoms with E-state index in [1.165, 1.54) is 7.11 Å². The van der Waals surface area contributed by atoms with Crippen molar-refractivity contribution in [2.75, 3.05) is 23.1 Å². The van der Waals surface area contributed by atoms with Gasteiger partial charge >= 0.3 is 5.97 Å². The van der Waals surface area contributed by atoms with Gasteiger partial charge in [0.2, 0.25) is 11.8 Å². The second kappa shape index (κ2) is 12.2. The van der Waals surface area contributed by atoms with Crippen LogP contribution in [0, 0.1) is 0 Å². The molecule has 0 radical (unpaired) electrons. The molecule has 0 aliphatic heterocycles. The van der Waals surface area contributed by atoms with Crippen molar-refractivity contribution in [1.29, 1.82) is 0 Å². The van der Waals surface area contributed by atoms with Crippen LogP contribution in [0.4, 0.5) is 17.1 Å². The Balaban J connectivity index is 1.70. The second-order valence-corrected chi connectivity index (χ2v) is 8.00. The molecule has 0 fully saturated rings. The normalized spacial score (nSPS) is 10.4. The van der Waals surface area contributed by atoms with Crippen LogP contribution in [0.5, 0.6) is 5.75 Å². The lowest BCUT2D eigenvalue weighted by Crippen LogP contribution is -2.31. The number of para-hydroxylation sites is 4. The molecule has 0 aliphatic carbocycles. The molecule has 3 rings (SSSR count). The van der Waals surface area contributed by atoms with Gasteiger partial charge in [-0.25, -0.2) is 0 Å². The minimum absolute atomic E-state index is 0.00571. The largest absolute Gasteiger partial charge is 0.495 e. The third kappa shape index (κ3) is 7.33. The predicted molar refractivity (Wildman–Crippen MR) is 135 cm³/mol. The molecule has 8 heteroatoms. The fourth-order valence-corrected chi connectivity index (χ4v) is 3.60.